The Labute approximate surface area is 176 Å². The minimum absolute atomic E-state index is 0.0236. The van der Waals surface area contributed by atoms with Crippen LogP contribution in [-0.2, 0) is 11.3 Å². The summed E-state index contributed by atoms with van der Waals surface area (Å²) in [5, 5.41) is 1.63. The lowest BCUT2D eigenvalue weighted by Gasteiger charge is -2.25. The minimum Gasteiger partial charge on any atom is -0.378 e. The van der Waals surface area contributed by atoms with Crippen molar-refractivity contribution in [1.82, 2.24) is 9.88 Å². The first-order chi connectivity index (χ1) is 14.0. The highest BCUT2D eigenvalue weighted by Gasteiger charge is 2.24. The van der Waals surface area contributed by atoms with Crippen LogP contribution < -0.4 is 4.90 Å². The zero-order chi connectivity index (χ0) is 20.4. The van der Waals surface area contributed by atoms with Crippen molar-refractivity contribution in [2.75, 3.05) is 32.1 Å². The molecule has 0 saturated carbocycles. The van der Waals surface area contributed by atoms with Gasteiger partial charge in [-0.1, -0.05) is 29.8 Å². The van der Waals surface area contributed by atoms with Crippen LogP contribution in [0.5, 0.6) is 0 Å². The van der Waals surface area contributed by atoms with Crippen molar-refractivity contribution in [1.29, 1.82) is 0 Å². The SMILES string of the molecule is CN(C)c1ccc(CN(CC2CCCO2)C(=O)c2cc3ccc(Cl)cc3[nH]2)cc1. The largest absolute Gasteiger partial charge is 0.378 e. The first-order valence-electron chi connectivity index (χ1n) is 9.95. The number of anilines is 1. The van der Waals surface area contributed by atoms with E-state index in [1.165, 1.54) is 0 Å². The summed E-state index contributed by atoms with van der Waals surface area (Å²) < 4.78 is 5.80. The zero-order valence-corrected chi connectivity index (χ0v) is 17.6. The molecule has 29 heavy (non-hydrogen) atoms. The van der Waals surface area contributed by atoms with E-state index in [0.29, 0.717) is 23.8 Å². The van der Waals surface area contributed by atoms with Crippen LogP contribution in [0.3, 0.4) is 0 Å². The van der Waals surface area contributed by atoms with E-state index in [-0.39, 0.29) is 12.0 Å². The van der Waals surface area contributed by atoms with E-state index in [1.54, 1.807) is 0 Å². The van der Waals surface area contributed by atoms with E-state index < -0.39 is 0 Å². The highest BCUT2D eigenvalue weighted by Crippen LogP contribution is 2.23. The van der Waals surface area contributed by atoms with E-state index in [1.807, 2.05) is 43.3 Å². The monoisotopic (exact) mass is 411 g/mol. The molecule has 1 atom stereocenters. The molecular weight excluding hydrogens is 386 g/mol. The molecule has 1 fully saturated rings. The summed E-state index contributed by atoms with van der Waals surface area (Å²) in [6.45, 7) is 1.90. The molecule has 1 N–H and O–H groups in total. The second-order valence-electron chi connectivity index (χ2n) is 7.80. The fourth-order valence-corrected chi connectivity index (χ4v) is 3.93. The molecule has 1 aliphatic rings. The van der Waals surface area contributed by atoms with E-state index in [2.05, 4.69) is 34.1 Å². The molecule has 6 heteroatoms. The second kappa shape index (κ2) is 8.47. The summed E-state index contributed by atoms with van der Waals surface area (Å²) in [5.41, 5.74) is 3.68. The summed E-state index contributed by atoms with van der Waals surface area (Å²) in [6.07, 6.45) is 2.14. The lowest BCUT2D eigenvalue weighted by Crippen LogP contribution is -2.37. The second-order valence-corrected chi connectivity index (χ2v) is 8.23. The molecule has 1 unspecified atom stereocenters. The van der Waals surface area contributed by atoms with Gasteiger partial charge in [-0.25, -0.2) is 0 Å². The molecule has 1 amide bonds. The van der Waals surface area contributed by atoms with Gasteiger partial charge in [0.25, 0.3) is 5.91 Å². The molecule has 1 aromatic heterocycles. The molecule has 1 aliphatic heterocycles. The third-order valence-corrected chi connectivity index (χ3v) is 5.61. The predicted octanol–water partition coefficient (Wildman–Crippen LogP) is 4.71. The Morgan fingerprint density at radius 2 is 1.97 bits per heavy atom. The Balaban J connectivity index is 1.58. The average Bonchev–Trinajstić information content (AvgIpc) is 3.36. The number of aromatic amines is 1. The van der Waals surface area contributed by atoms with Crippen LogP contribution in [0.1, 0.15) is 28.9 Å². The minimum atomic E-state index is -0.0236. The maximum Gasteiger partial charge on any atom is 0.270 e. The van der Waals surface area contributed by atoms with E-state index in [4.69, 9.17) is 16.3 Å². The number of H-pyrrole nitrogens is 1. The summed E-state index contributed by atoms with van der Waals surface area (Å²) in [5.74, 6) is -0.0236. The van der Waals surface area contributed by atoms with Gasteiger partial charge in [0, 0.05) is 55.4 Å². The quantitative estimate of drug-likeness (QED) is 0.639. The molecule has 4 rings (SSSR count). The Kier molecular flexibility index (Phi) is 5.79. The highest BCUT2D eigenvalue weighted by atomic mass is 35.5. The Bertz CT molecular complexity index is 991. The van der Waals surface area contributed by atoms with E-state index in [9.17, 15) is 4.79 Å². The number of carbonyl (C=O) groups is 1. The fraction of sp³-hybridized carbons (Fsp3) is 0.348. The lowest BCUT2D eigenvalue weighted by molar-refractivity contribution is 0.0503. The smallest absolute Gasteiger partial charge is 0.270 e. The van der Waals surface area contributed by atoms with Gasteiger partial charge in [0.15, 0.2) is 0 Å². The van der Waals surface area contributed by atoms with Crippen LogP contribution in [0.4, 0.5) is 5.69 Å². The summed E-state index contributed by atoms with van der Waals surface area (Å²) in [6, 6.07) is 15.8. The molecule has 1 saturated heterocycles. The lowest BCUT2D eigenvalue weighted by atomic mass is 10.1. The van der Waals surface area contributed by atoms with Crippen LogP contribution >= 0.6 is 11.6 Å². The Morgan fingerprint density at radius 3 is 2.66 bits per heavy atom. The average molecular weight is 412 g/mol. The highest BCUT2D eigenvalue weighted by molar-refractivity contribution is 6.31. The van der Waals surface area contributed by atoms with Gasteiger partial charge in [0.2, 0.25) is 0 Å². The maximum absolute atomic E-state index is 13.4. The first-order valence-corrected chi connectivity index (χ1v) is 10.3. The number of benzene rings is 2. The number of nitrogens with zero attached hydrogens (tertiary/aromatic N) is 2. The molecule has 152 valence electrons. The van der Waals surface area contributed by atoms with Gasteiger partial charge in [-0.05, 0) is 48.7 Å². The molecule has 0 bridgehead atoms. The molecule has 3 aromatic rings. The third-order valence-electron chi connectivity index (χ3n) is 5.38. The van der Waals surface area contributed by atoms with Crippen molar-refractivity contribution in [2.24, 2.45) is 0 Å². The van der Waals surface area contributed by atoms with Gasteiger partial charge in [-0.3, -0.25) is 4.79 Å². The fourth-order valence-electron chi connectivity index (χ4n) is 3.76. The molecular formula is C23H26ClN3O2. The summed E-state index contributed by atoms with van der Waals surface area (Å²) in [4.78, 5) is 20.5. The number of halogens is 1. The summed E-state index contributed by atoms with van der Waals surface area (Å²) in [7, 11) is 4.04. The molecule has 0 aliphatic carbocycles. The van der Waals surface area contributed by atoms with Gasteiger partial charge < -0.3 is 19.5 Å². The van der Waals surface area contributed by atoms with Crippen molar-refractivity contribution in [3.63, 3.8) is 0 Å². The van der Waals surface area contributed by atoms with Crippen LogP contribution in [0, 0.1) is 0 Å². The van der Waals surface area contributed by atoms with Crippen molar-refractivity contribution >= 4 is 34.1 Å². The van der Waals surface area contributed by atoms with E-state index >= 15 is 0 Å². The standard InChI is InChI=1S/C23H26ClN3O2/c1-26(2)19-9-5-16(6-10-19)14-27(15-20-4-3-11-29-20)23(28)22-12-17-7-8-18(24)13-21(17)25-22/h5-10,12-13,20,25H,3-4,11,14-15H2,1-2H3. The first kappa shape index (κ1) is 19.8. The van der Waals surface area contributed by atoms with Crippen LogP contribution in [-0.4, -0.2) is 49.1 Å². The Hall–Kier alpha value is -2.50. The maximum atomic E-state index is 13.4. The number of carbonyl (C=O) groups excluding carboxylic acids is 1. The third kappa shape index (κ3) is 4.57. The Morgan fingerprint density at radius 1 is 1.17 bits per heavy atom. The van der Waals surface area contributed by atoms with Crippen LogP contribution in [0.2, 0.25) is 5.02 Å². The molecule has 0 spiro atoms. The number of nitrogens with one attached hydrogen (secondary N) is 1. The zero-order valence-electron chi connectivity index (χ0n) is 16.8. The number of rotatable bonds is 6. The predicted molar refractivity (Wildman–Crippen MR) is 118 cm³/mol. The summed E-state index contributed by atoms with van der Waals surface area (Å²) >= 11 is 6.09. The van der Waals surface area contributed by atoms with Crippen molar-refractivity contribution in [2.45, 2.75) is 25.5 Å². The molecule has 5 nitrogen and oxygen atoms in total. The number of ether oxygens (including phenoxy) is 1. The van der Waals surface area contributed by atoms with Gasteiger partial charge >= 0.3 is 0 Å². The van der Waals surface area contributed by atoms with Crippen LogP contribution in [0.25, 0.3) is 10.9 Å². The van der Waals surface area contributed by atoms with Gasteiger partial charge in [0.1, 0.15) is 5.69 Å². The van der Waals surface area contributed by atoms with Crippen molar-refractivity contribution < 1.29 is 9.53 Å². The normalized spacial score (nSPS) is 16.3. The van der Waals surface area contributed by atoms with Gasteiger partial charge in [-0.2, -0.15) is 0 Å². The van der Waals surface area contributed by atoms with E-state index in [0.717, 1.165) is 41.6 Å². The number of hydrogen-bond acceptors (Lipinski definition) is 3. The topological polar surface area (TPSA) is 48.6 Å². The van der Waals surface area contributed by atoms with Crippen LogP contribution in [0.15, 0.2) is 48.5 Å². The molecule has 2 aromatic carbocycles. The van der Waals surface area contributed by atoms with Gasteiger partial charge in [0.05, 0.1) is 6.10 Å². The molecule has 2 heterocycles. The number of aromatic nitrogens is 1. The van der Waals surface area contributed by atoms with Crippen molar-refractivity contribution in [3.8, 4) is 0 Å². The number of fused-ring (bicyclic) bond motifs is 1. The number of amides is 1. The van der Waals surface area contributed by atoms with Crippen molar-refractivity contribution in [3.05, 3.63) is 64.8 Å². The number of hydrogen-bond donors (Lipinski definition) is 1. The van der Waals surface area contributed by atoms with Gasteiger partial charge in [-0.15, -0.1) is 0 Å². The molecule has 0 radical (unpaired) electrons.